The van der Waals surface area contributed by atoms with Crippen LogP contribution < -0.4 is 11.0 Å². The maximum absolute atomic E-state index is 14.1. The molecule has 3 atom stereocenters. The first-order valence-corrected chi connectivity index (χ1v) is 7.77. The normalized spacial score (nSPS) is 27.1. The van der Waals surface area contributed by atoms with E-state index in [4.69, 9.17) is 14.5 Å². The van der Waals surface area contributed by atoms with Crippen LogP contribution in [0.5, 0.6) is 0 Å². The van der Waals surface area contributed by atoms with Crippen molar-refractivity contribution >= 4 is 13.6 Å². The number of hydrogen-bond donors (Lipinski definition) is 4. The van der Waals surface area contributed by atoms with E-state index in [9.17, 15) is 23.2 Å². The van der Waals surface area contributed by atoms with Crippen molar-refractivity contribution < 1.29 is 37.5 Å². The second-order valence-electron chi connectivity index (χ2n) is 4.69. The number of halogens is 2. The van der Waals surface area contributed by atoms with Gasteiger partial charge in [-0.25, -0.2) is 9.36 Å². The number of rotatable bonds is 5. The van der Waals surface area contributed by atoms with Gasteiger partial charge < -0.3 is 24.9 Å². The molecule has 1 fully saturated rings. The molecule has 10 nitrogen and oxygen atoms in total. The van der Waals surface area contributed by atoms with Gasteiger partial charge in [0.25, 0.3) is 0 Å². The lowest BCUT2D eigenvalue weighted by atomic mass is 10.1. The molecule has 2 heterocycles. The summed E-state index contributed by atoms with van der Waals surface area (Å²) in [6.45, 7) is -0.978. The molecule has 1 aliphatic rings. The molecule has 23 heavy (non-hydrogen) atoms. The molecule has 4 N–H and O–H groups in total. The quantitative estimate of drug-likeness (QED) is 0.502. The van der Waals surface area contributed by atoms with Crippen molar-refractivity contribution in [3.05, 3.63) is 22.7 Å². The van der Waals surface area contributed by atoms with Crippen molar-refractivity contribution in [1.29, 1.82) is 0 Å². The molecule has 0 amide bonds. The second-order valence-corrected chi connectivity index (χ2v) is 5.92. The van der Waals surface area contributed by atoms with E-state index < -0.39 is 44.5 Å². The number of aromatic nitrogens is 2. The summed E-state index contributed by atoms with van der Waals surface area (Å²) in [5, 5.41) is 12.1. The molecule has 1 aromatic rings. The fourth-order valence-electron chi connectivity index (χ4n) is 2.01. The topological polar surface area (TPSA) is 143 Å². The number of phosphoric ester groups is 1. The lowest BCUT2D eigenvalue weighted by Gasteiger charge is -2.21. The molecule has 0 bridgehead atoms. The number of alkyl halides is 2. The number of ether oxygens (including phenoxy) is 1. The third-order valence-electron chi connectivity index (χ3n) is 3.13. The molecule has 0 saturated carbocycles. The number of nitrogens with one attached hydrogen (secondary N) is 1. The van der Waals surface area contributed by atoms with Crippen LogP contribution in [0, 0.1) is 0 Å². The van der Waals surface area contributed by atoms with Crippen LogP contribution in [0.4, 0.5) is 14.6 Å². The zero-order chi connectivity index (χ0) is 17.4. The average molecular weight is 357 g/mol. The molecule has 1 saturated heterocycles. The van der Waals surface area contributed by atoms with Gasteiger partial charge in [0.1, 0.15) is 11.9 Å². The largest absolute Gasteiger partial charge is 0.469 e. The fourth-order valence-corrected chi connectivity index (χ4v) is 2.35. The lowest BCUT2D eigenvalue weighted by Crippen LogP contribution is -2.41. The smallest absolute Gasteiger partial charge is 0.384 e. The minimum atomic E-state index is -4.92. The van der Waals surface area contributed by atoms with Gasteiger partial charge in [0.05, 0.1) is 6.61 Å². The monoisotopic (exact) mass is 357 g/mol. The third-order valence-corrected chi connectivity index (χ3v) is 3.61. The fraction of sp³-hybridized carbons (Fsp3) is 0.600. The van der Waals surface area contributed by atoms with E-state index in [0.29, 0.717) is 4.57 Å². The Morgan fingerprint density at radius 2 is 2.22 bits per heavy atom. The van der Waals surface area contributed by atoms with E-state index in [2.05, 4.69) is 14.8 Å². The predicted octanol–water partition coefficient (Wildman–Crippen LogP) is -0.712. The number of phosphoric acid groups is 1. The predicted molar refractivity (Wildman–Crippen MR) is 70.9 cm³/mol. The molecule has 0 radical (unpaired) electrons. The summed E-state index contributed by atoms with van der Waals surface area (Å²) < 4.78 is 48.2. The van der Waals surface area contributed by atoms with Crippen molar-refractivity contribution in [2.75, 3.05) is 19.0 Å². The minimum Gasteiger partial charge on any atom is -0.384 e. The van der Waals surface area contributed by atoms with Crippen LogP contribution in [-0.2, 0) is 13.8 Å². The van der Waals surface area contributed by atoms with Crippen molar-refractivity contribution in [2.24, 2.45) is 0 Å². The van der Waals surface area contributed by atoms with Crippen LogP contribution >= 0.6 is 7.82 Å². The maximum atomic E-state index is 14.1. The van der Waals surface area contributed by atoms with Gasteiger partial charge in [-0.05, 0) is 6.07 Å². The molecule has 2 rings (SSSR count). The highest BCUT2D eigenvalue weighted by molar-refractivity contribution is 7.46. The van der Waals surface area contributed by atoms with Crippen molar-refractivity contribution in [3.8, 4) is 0 Å². The molecule has 130 valence electrons. The van der Waals surface area contributed by atoms with Gasteiger partial charge in [0.2, 0.25) is 6.23 Å². The van der Waals surface area contributed by atoms with Gasteiger partial charge in [0, 0.05) is 13.2 Å². The van der Waals surface area contributed by atoms with Gasteiger partial charge in [-0.2, -0.15) is 13.8 Å². The number of nitrogens with zero attached hydrogens (tertiary/aromatic N) is 2. The van der Waals surface area contributed by atoms with E-state index in [0.717, 1.165) is 6.20 Å². The highest BCUT2D eigenvalue weighted by Gasteiger charge is 2.60. The van der Waals surface area contributed by atoms with Crippen molar-refractivity contribution in [1.82, 2.24) is 9.55 Å². The maximum Gasteiger partial charge on any atom is 0.469 e. The molecule has 0 aromatic carbocycles. The summed E-state index contributed by atoms with van der Waals surface area (Å²) in [7, 11) is -3.45. The number of anilines is 1. The molecule has 13 heteroatoms. The van der Waals surface area contributed by atoms with E-state index in [1.54, 1.807) is 0 Å². The summed E-state index contributed by atoms with van der Waals surface area (Å²) in [4.78, 5) is 32.4. The Labute approximate surface area is 127 Å². The Morgan fingerprint density at radius 3 is 2.74 bits per heavy atom. The molecule has 1 aromatic heterocycles. The standard InChI is InChI=1S/C10H14F2N3O7P/c1-13-6-2-3-15(9(17)14-6)8-10(11,12)7(16)5(22-8)4-21-23(18,19)20/h2-3,5,7-8,16H,4H2,1H3,(H,13,14,17)(H2,18,19,20)/t5-,7-,8-/m1/s1. The van der Waals surface area contributed by atoms with Crippen molar-refractivity contribution in [2.45, 2.75) is 24.4 Å². The van der Waals surface area contributed by atoms with E-state index in [1.807, 2.05) is 0 Å². The lowest BCUT2D eigenvalue weighted by molar-refractivity contribution is -0.140. The van der Waals surface area contributed by atoms with Gasteiger partial charge in [-0.1, -0.05) is 0 Å². The first kappa shape index (κ1) is 17.9. The van der Waals surface area contributed by atoms with Crippen LogP contribution in [0.3, 0.4) is 0 Å². The first-order chi connectivity index (χ1) is 10.6. The summed E-state index contributed by atoms with van der Waals surface area (Å²) in [5.74, 6) is -3.75. The molecular formula is C10H14F2N3O7P. The highest BCUT2D eigenvalue weighted by Crippen LogP contribution is 2.44. The Morgan fingerprint density at radius 1 is 1.57 bits per heavy atom. The molecule has 0 unspecified atom stereocenters. The van der Waals surface area contributed by atoms with Crippen LogP contribution in [0.2, 0.25) is 0 Å². The van der Waals surface area contributed by atoms with E-state index >= 15 is 0 Å². The van der Waals surface area contributed by atoms with Crippen LogP contribution in [0.1, 0.15) is 6.23 Å². The minimum absolute atomic E-state index is 0.148. The number of hydrogen-bond acceptors (Lipinski definition) is 7. The van der Waals surface area contributed by atoms with Crippen molar-refractivity contribution in [3.63, 3.8) is 0 Å². The Balaban J connectivity index is 2.26. The molecule has 0 spiro atoms. The van der Waals surface area contributed by atoms with Gasteiger partial charge in [-0.15, -0.1) is 0 Å². The highest BCUT2D eigenvalue weighted by atomic mass is 31.2. The summed E-state index contributed by atoms with van der Waals surface area (Å²) in [5.41, 5.74) is -1.05. The first-order valence-electron chi connectivity index (χ1n) is 6.24. The summed E-state index contributed by atoms with van der Waals surface area (Å²) >= 11 is 0. The summed E-state index contributed by atoms with van der Waals surface area (Å²) in [6, 6.07) is 1.24. The van der Waals surface area contributed by atoms with Gasteiger partial charge >= 0.3 is 19.4 Å². The molecular weight excluding hydrogens is 343 g/mol. The number of aliphatic hydroxyl groups excluding tert-OH is 1. The average Bonchev–Trinajstić information content (AvgIpc) is 2.67. The second kappa shape index (κ2) is 6.23. The van der Waals surface area contributed by atoms with Gasteiger partial charge in [0.15, 0.2) is 6.10 Å². The van der Waals surface area contributed by atoms with Crippen LogP contribution in [0.15, 0.2) is 17.1 Å². The van der Waals surface area contributed by atoms with Gasteiger partial charge in [-0.3, -0.25) is 9.09 Å². The zero-order valence-electron chi connectivity index (χ0n) is 11.7. The Kier molecular flexibility index (Phi) is 4.85. The third kappa shape index (κ3) is 3.74. The van der Waals surface area contributed by atoms with E-state index in [1.165, 1.54) is 13.1 Å². The Bertz CT molecular complexity index is 679. The zero-order valence-corrected chi connectivity index (χ0v) is 12.6. The van der Waals surface area contributed by atoms with Crippen LogP contribution in [0.25, 0.3) is 0 Å². The molecule has 1 aliphatic heterocycles. The van der Waals surface area contributed by atoms with Crippen LogP contribution in [-0.4, -0.2) is 56.2 Å². The Hall–Kier alpha value is -1.43. The SMILES string of the molecule is CNc1ccn([C@@H]2O[C@H](COP(=O)(O)O)[C@@H](O)C2(F)F)c(=O)n1. The van der Waals surface area contributed by atoms with E-state index in [-0.39, 0.29) is 5.82 Å². The summed E-state index contributed by atoms with van der Waals surface area (Å²) in [6.07, 6.45) is -5.35. The molecule has 0 aliphatic carbocycles. The number of aliphatic hydroxyl groups is 1.